The number of para-hydroxylation sites is 1. The maximum absolute atomic E-state index is 13.4. The van der Waals surface area contributed by atoms with Crippen molar-refractivity contribution in [3.05, 3.63) is 108 Å². The minimum atomic E-state index is -3.78. The zero-order valence-corrected chi connectivity index (χ0v) is 20.1. The third kappa shape index (κ3) is 5.31. The minimum absolute atomic E-state index is 0.0278. The highest BCUT2D eigenvalue weighted by molar-refractivity contribution is 7.96. The molecule has 3 aromatic rings. The second kappa shape index (κ2) is 10.2. The normalized spacial score (nSPS) is 13.4. The van der Waals surface area contributed by atoms with E-state index in [1.807, 2.05) is 61.9 Å². The van der Waals surface area contributed by atoms with E-state index in [0.29, 0.717) is 11.3 Å². The van der Waals surface area contributed by atoms with Gasteiger partial charge in [0.25, 0.3) is 10.0 Å². The number of carbonyl (C=O) groups is 1. The summed E-state index contributed by atoms with van der Waals surface area (Å²) in [6.07, 6.45) is 5.81. The Balaban J connectivity index is 2.01. The molecule has 32 heavy (non-hydrogen) atoms. The Hall–Kier alpha value is -2.83. The quantitative estimate of drug-likeness (QED) is 0.268. The maximum atomic E-state index is 13.4. The van der Waals surface area contributed by atoms with Gasteiger partial charge in [-0.05, 0) is 41.6 Å². The Morgan fingerprint density at radius 1 is 0.938 bits per heavy atom. The van der Waals surface area contributed by atoms with Crippen molar-refractivity contribution >= 4 is 32.4 Å². The van der Waals surface area contributed by atoms with Crippen molar-refractivity contribution in [2.45, 2.75) is 23.0 Å². The molecule has 0 aliphatic rings. The van der Waals surface area contributed by atoms with E-state index >= 15 is 0 Å². The van der Waals surface area contributed by atoms with Gasteiger partial charge in [-0.2, -0.15) is 0 Å². The van der Waals surface area contributed by atoms with Crippen molar-refractivity contribution in [3.8, 4) is 0 Å². The average molecular weight is 467 g/mol. The summed E-state index contributed by atoms with van der Waals surface area (Å²) < 4.78 is 28.8. The van der Waals surface area contributed by atoms with Crippen LogP contribution in [0.25, 0.3) is 0 Å². The molecular formula is C26H28NO3S2+. The van der Waals surface area contributed by atoms with Crippen molar-refractivity contribution in [1.29, 1.82) is 0 Å². The molecule has 0 saturated carbocycles. The summed E-state index contributed by atoms with van der Waals surface area (Å²) in [5.74, 6) is -0.321. The number of Topliss-reactive ketones (excluding diaryl/α,β-unsaturated/α-hetero) is 1. The van der Waals surface area contributed by atoms with E-state index in [2.05, 4.69) is 11.3 Å². The molecule has 2 atom stereocenters. The van der Waals surface area contributed by atoms with Crippen LogP contribution in [-0.2, 0) is 20.9 Å². The average Bonchev–Trinajstić information content (AvgIpc) is 2.78. The number of carbonyl (C=O) groups excluding carboxylic acids is 1. The van der Waals surface area contributed by atoms with Crippen LogP contribution >= 0.6 is 0 Å². The molecule has 2 unspecified atom stereocenters. The molecule has 0 aliphatic heterocycles. The molecule has 3 rings (SSSR count). The molecule has 0 radical (unpaired) electrons. The summed E-state index contributed by atoms with van der Waals surface area (Å²) >= 11 is 0. The first-order chi connectivity index (χ1) is 15.2. The predicted octanol–water partition coefficient (Wildman–Crippen LogP) is 5.19. The Morgan fingerprint density at radius 3 is 2.12 bits per heavy atom. The summed E-state index contributed by atoms with van der Waals surface area (Å²) in [4.78, 5) is 13.6. The van der Waals surface area contributed by atoms with Crippen LogP contribution in [0.4, 0.5) is 5.69 Å². The molecule has 3 aromatic carbocycles. The number of ketones is 1. The predicted molar refractivity (Wildman–Crippen MR) is 135 cm³/mol. The molecule has 0 amide bonds. The molecular weight excluding hydrogens is 438 g/mol. The van der Waals surface area contributed by atoms with E-state index < -0.39 is 10.0 Å². The number of hydrogen-bond acceptors (Lipinski definition) is 3. The van der Waals surface area contributed by atoms with Crippen LogP contribution in [-0.4, -0.2) is 32.0 Å². The Morgan fingerprint density at radius 2 is 1.53 bits per heavy atom. The Kier molecular flexibility index (Phi) is 7.59. The van der Waals surface area contributed by atoms with Crippen molar-refractivity contribution in [2.24, 2.45) is 0 Å². The van der Waals surface area contributed by atoms with Crippen LogP contribution in [0.3, 0.4) is 0 Å². The largest absolute Gasteiger partial charge is 0.288 e. The smallest absolute Gasteiger partial charge is 0.261 e. The number of anilines is 1. The molecule has 0 saturated heterocycles. The van der Waals surface area contributed by atoms with Gasteiger partial charge < -0.3 is 0 Å². The van der Waals surface area contributed by atoms with E-state index in [0.717, 1.165) is 11.1 Å². The van der Waals surface area contributed by atoms with E-state index in [-0.39, 0.29) is 32.7 Å². The van der Waals surface area contributed by atoms with Gasteiger partial charge in [-0.15, -0.1) is 6.58 Å². The van der Waals surface area contributed by atoms with Crippen molar-refractivity contribution in [3.63, 3.8) is 0 Å². The monoisotopic (exact) mass is 466 g/mol. The molecule has 166 valence electrons. The van der Waals surface area contributed by atoms with Gasteiger partial charge in [-0.3, -0.25) is 9.52 Å². The highest BCUT2D eigenvalue weighted by Crippen LogP contribution is 2.34. The van der Waals surface area contributed by atoms with E-state index in [1.54, 1.807) is 42.5 Å². The second-order valence-corrected chi connectivity index (χ2v) is 11.7. The van der Waals surface area contributed by atoms with Gasteiger partial charge in [0.15, 0.2) is 5.25 Å². The summed E-state index contributed by atoms with van der Waals surface area (Å²) in [7, 11) is -4.06. The van der Waals surface area contributed by atoms with Gasteiger partial charge in [-0.1, -0.05) is 72.3 Å². The molecule has 6 heteroatoms. The summed E-state index contributed by atoms with van der Waals surface area (Å²) in [5.41, 5.74) is 2.81. The van der Waals surface area contributed by atoms with Gasteiger partial charge >= 0.3 is 0 Å². The highest BCUT2D eigenvalue weighted by Gasteiger charge is 2.39. The Bertz CT molecular complexity index is 1190. The van der Waals surface area contributed by atoms with E-state index in [9.17, 15) is 13.2 Å². The fourth-order valence-corrected chi connectivity index (χ4v) is 6.15. The van der Waals surface area contributed by atoms with Crippen molar-refractivity contribution in [1.82, 2.24) is 0 Å². The summed E-state index contributed by atoms with van der Waals surface area (Å²) in [6.45, 7) is 5.90. The number of hydrogen-bond donors (Lipinski definition) is 1. The highest BCUT2D eigenvalue weighted by atomic mass is 32.2. The fourth-order valence-electron chi connectivity index (χ4n) is 3.65. The molecule has 1 N–H and O–H groups in total. The molecule has 0 aliphatic carbocycles. The van der Waals surface area contributed by atoms with Crippen LogP contribution in [0.2, 0.25) is 0 Å². The fraction of sp³-hybridized carbons (Fsp3) is 0.192. The number of rotatable bonds is 9. The van der Waals surface area contributed by atoms with Crippen molar-refractivity contribution in [2.75, 3.05) is 17.2 Å². The lowest BCUT2D eigenvalue weighted by Crippen LogP contribution is -2.35. The van der Waals surface area contributed by atoms with Crippen molar-refractivity contribution < 1.29 is 13.2 Å². The maximum Gasteiger partial charge on any atom is 0.261 e. The van der Waals surface area contributed by atoms with Gasteiger partial charge in [0, 0.05) is 5.56 Å². The summed E-state index contributed by atoms with van der Waals surface area (Å²) in [5, 5.41) is -0.361. The second-order valence-electron chi connectivity index (χ2n) is 7.80. The first-order valence-electron chi connectivity index (χ1n) is 10.2. The van der Waals surface area contributed by atoms with Crippen LogP contribution in [0, 0.1) is 6.92 Å². The van der Waals surface area contributed by atoms with Crippen LogP contribution in [0.5, 0.6) is 0 Å². The van der Waals surface area contributed by atoms with Gasteiger partial charge in [0.2, 0.25) is 5.78 Å². The number of nitrogens with one attached hydrogen (secondary N) is 1. The number of allylic oxidation sites excluding steroid dienone is 1. The number of aryl methyl sites for hydroxylation is 1. The van der Waals surface area contributed by atoms with E-state index in [4.69, 9.17) is 0 Å². The molecule has 0 fully saturated rings. The lowest BCUT2D eigenvalue weighted by molar-refractivity contribution is 0.0984. The topological polar surface area (TPSA) is 63.2 Å². The SMILES string of the molecule is C=CC(c1ccccc1NS(=O)(=O)c1ccc(C)cc1)C(C(=O)c1ccccc1)[S+](C)C. The zero-order valence-electron chi connectivity index (χ0n) is 18.5. The lowest BCUT2D eigenvalue weighted by atomic mass is 9.90. The molecule has 4 nitrogen and oxygen atoms in total. The van der Waals surface area contributed by atoms with Crippen LogP contribution in [0.1, 0.15) is 27.4 Å². The molecule has 0 heterocycles. The van der Waals surface area contributed by atoms with Crippen LogP contribution < -0.4 is 4.72 Å². The molecule has 0 aromatic heterocycles. The molecule has 0 bridgehead atoms. The first-order valence-corrected chi connectivity index (χ1v) is 13.8. The van der Waals surface area contributed by atoms with E-state index in [1.165, 1.54) is 0 Å². The van der Waals surface area contributed by atoms with Gasteiger partial charge in [0.1, 0.15) is 0 Å². The molecule has 0 spiro atoms. The third-order valence-corrected chi connectivity index (χ3v) is 8.20. The summed E-state index contributed by atoms with van der Waals surface area (Å²) in [6, 6.07) is 23.1. The van der Waals surface area contributed by atoms with Gasteiger partial charge in [0.05, 0.1) is 29.0 Å². The lowest BCUT2D eigenvalue weighted by Gasteiger charge is -2.24. The van der Waals surface area contributed by atoms with Gasteiger partial charge in [-0.25, -0.2) is 8.42 Å². The first kappa shape index (κ1) is 23.8. The zero-order chi connectivity index (χ0) is 23.3. The number of sulfonamides is 1. The number of benzene rings is 3. The Labute approximate surface area is 193 Å². The standard InChI is InChI=1S/C26H28NO3S2/c1-5-22(26(31(3)4)25(28)20-11-7-6-8-12-20)23-13-9-10-14-24(23)27-32(29,30)21-17-15-19(2)16-18-21/h5-18,22,26-27H,1H2,2-4H3/q+1. The third-order valence-electron chi connectivity index (χ3n) is 5.30. The van der Waals surface area contributed by atoms with Crippen LogP contribution in [0.15, 0.2) is 96.4 Å². The minimum Gasteiger partial charge on any atom is -0.288 e.